The Kier molecular flexibility index (Phi) is 17.9. The van der Waals surface area contributed by atoms with E-state index in [0.29, 0.717) is 0 Å². The monoisotopic (exact) mass is 718 g/mol. The van der Waals surface area contributed by atoms with Crippen molar-refractivity contribution in [2.75, 3.05) is 28.4 Å². The predicted octanol–water partition coefficient (Wildman–Crippen LogP) is -0.677. The number of esters is 4. The minimum atomic E-state index is -0.512. The molecule has 0 saturated carbocycles. The second-order valence-corrected chi connectivity index (χ2v) is 7.06. The number of hydrogen-bond donors (Lipinski definition) is 0. The van der Waals surface area contributed by atoms with Crippen molar-refractivity contribution < 1.29 is 96.3 Å². The van der Waals surface area contributed by atoms with Gasteiger partial charge in [0.2, 0.25) is 0 Å². The third kappa shape index (κ3) is 12.0. The molecule has 4 fully saturated rings. The number of carbonyl (C=O) groups is 8. The zero-order valence-corrected chi connectivity index (χ0v) is 23.8. The van der Waals surface area contributed by atoms with Gasteiger partial charge in [0.25, 0.3) is 23.9 Å². The van der Waals surface area contributed by atoms with Crippen LogP contribution in [0.5, 0.6) is 0 Å². The summed E-state index contributed by atoms with van der Waals surface area (Å²) in [7, 11) is 5.11. The minimum Gasteiger partial charge on any atom is -0.642 e. The van der Waals surface area contributed by atoms with Gasteiger partial charge in [-0.3, -0.25) is 19.2 Å². The number of β-lactam (4-membered cyclic amide) rings is 4. The quantitative estimate of drug-likeness (QED) is 0.152. The first-order valence-corrected chi connectivity index (χ1v) is 10.2. The average Bonchev–Trinajstić information content (AvgIpc) is 2.80. The van der Waals surface area contributed by atoms with Gasteiger partial charge >= 0.3 is 39.0 Å². The van der Waals surface area contributed by atoms with Gasteiger partial charge in [-0.1, -0.05) is 0 Å². The van der Waals surface area contributed by atoms with E-state index in [-0.39, 0.29) is 88.3 Å². The molecule has 4 atom stereocenters. The van der Waals surface area contributed by atoms with Crippen LogP contribution in [-0.4, -0.2) is 100 Å². The van der Waals surface area contributed by atoms with Gasteiger partial charge in [0, 0.05) is 0 Å². The van der Waals surface area contributed by atoms with Crippen LogP contribution in [0, 0.1) is 0 Å². The van der Waals surface area contributed by atoms with Gasteiger partial charge < -0.3 is 59.4 Å². The fraction of sp³-hybridized carbons (Fsp3) is 0.600. The summed E-state index contributed by atoms with van der Waals surface area (Å²) in [4.78, 5) is 82.5. The molecule has 4 aliphatic rings. The summed E-state index contributed by atoms with van der Waals surface area (Å²) in [5.41, 5.74) is 0. The molecule has 0 aliphatic carbocycles. The molecule has 0 spiro atoms. The van der Waals surface area contributed by atoms with E-state index < -0.39 is 48.0 Å². The fourth-order valence-electron chi connectivity index (χ4n) is 2.39. The Hall–Kier alpha value is -2.99. The first kappa shape index (κ1) is 37.2. The summed E-state index contributed by atoms with van der Waals surface area (Å²) in [6, 6.07) is -2.05. The third-order valence-electron chi connectivity index (χ3n) is 4.56. The third-order valence-corrected chi connectivity index (χ3v) is 4.56. The summed E-state index contributed by atoms with van der Waals surface area (Å²) in [5, 5.41) is 13.5. The Morgan fingerprint density at radius 1 is 0.474 bits per heavy atom. The molecule has 16 nitrogen and oxygen atoms in total. The van der Waals surface area contributed by atoms with Crippen LogP contribution >= 0.6 is 0 Å². The smallest absolute Gasteiger partial charge is 0.642 e. The second kappa shape index (κ2) is 18.3. The Bertz CT molecular complexity index is 740. The molecule has 38 heavy (non-hydrogen) atoms. The van der Waals surface area contributed by atoms with E-state index in [2.05, 4.69) is 40.2 Å². The summed E-state index contributed by atoms with van der Waals surface area (Å²) in [6.07, 6.45) is 0.860. The maximum atomic E-state index is 10.5. The van der Waals surface area contributed by atoms with E-state index >= 15 is 0 Å². The van der Waals surface area contributed by atoms with Crippen LogP contribution < -0.4 is 0 Å². The second-order valence-electron chi connectivity index (χ2n) is 7.06. The van der Waals surface area contributed by atoms with Crippen LogP contribution in [0.4, 0.5) is 0 Å². The molecule has 2 radical (unpaired) electrons. The number of carbonyl (C=O) groups excluding carboxylic acids is 8. The number of methoxy groups -OCH3 is 4. The molecule has 214 valence electrons. The SMILES string of the molecule is COC(=O)[C@@H]1CC(=O)[N-]1.COC(=O)[C@@H]1CC(=O)[N-]1.COC(=O)[C@@H]1CC(=O)[N-]1.COC(=O)[C@@H]1CC(=O)[N-]1.[Rh+2].[Rh+2]. The van der Waals surface area contributed by atoms with Gasteiger partial charge in [-0.25, -0.2) is 0 Å². The van der Waals surface area contributed by atoms with E-state index in [1.165, 1.54) is 28.4 Å². The molecule has 0 aromatic heterocycles. The van der Waals surface area contributed by atoms with Gasteiger partial charge in [-0.15, -0.1) is 0 Å². The van der Waals surface area contributed by atoms with Crippen LogP contribution in [0.15, 0.2) is 0 Å². The van der Waals surface area contributed by atoms with Crippen molar-refractivity contribution in [1.82, 2.24) is 0 Å². The first-order valence-electron chi connectivity index (χ1n) is 10.2. The summed E-state index contributed by atoms with van der Waals surface area (Å²) in [6.45, 7) is 0. The largest absolute Gasteiger partial charge is 2.00 e. The van der Waals surface area contributed by atoms with Gasteiger partial charge in [0.1, 0.15) is 0 Å². The van der Waals surface area contributed by atoms with E-state index in [0.717, 1.165) is 0 Å². The van der Waals surface area contributed by atoms with Crippen LogP contribution in [0.3, 0.4) is 0 Å². The van der Waals surface area contributed by atoms with Gasteiger partial charge in [0.15, 0.2) is 0 Å². The molecule has 4 rings (SSSR count). The van der Waals surface area contributed by atoms with Crippen molar-refractivity contribution in [2.24, 2.45) is 0 Å². The molecule has 0 unspecified atom stereocenters. The molecule has 0 bridgehead atoms. The van der Waals surface area contributed by atoms with Gasteiger partial charge in [0.05, 0.1) is 52.1 Å². The Balaban J connectivity index is 0. The van der Waals surface area contributed by atoms with Crippen molar-refractivity contribution in [3.05, 3.63) is 21.3 Å². The van der Waals surface area contributed by atoms with Crippen molar-refractivity contribution in [1.29, 1.82) is 0 Å². The molecular weight excluding hydrogens is 694 g/mol. The molecule has 4 saturated heterocycles. The molecule has 0 aromatic rings. The first-order chi connectivity index (χ1) is 16.9. The normalized spacial score (nSPS) is 22.8. The predicted molar refractivity (Wildman–Crippen MR) is 115 cm³/mol. The van der Waals surface area contributed by atoms with Crippen molar-refractivity contribution in [2.45, 2.75) is 49.9 Å². The van der Waals surface area contributed by atoms with E-state index in [1.54, 1.807) is 0 Å². The number of nitrogens with zero attached hydrogens (tertiary/aromatic N) is 4. The van der Waals surface area contributed by atoms with E-state index in [9.17, 15) is 38.4 Å². The molecular formula is C20H24N4O12Rh2. The molecule has 0 N–H and O–H groups in total. The molecule has 4 heterocycles. The number of hydrogen-bond acceptors (Lipinski definition) is 12. The summed E-state index contributed by atoms with van der Waals surface area (Å²) < 4.78 is 17.3. The zero-order valence-electron chi connectivity index (χ0n) is 20.5. The minimum absolute atomic E-state index is 0. The van der Waals surface area contributed by atoms with Crippen LogP contribution in [-0.2, 0) is 96.3 Å². The van der Waals surface area contributed by atoms with Crippen molar-refractivity contribution in [3.63, 3.8) is 0 Å². The maximum Gasteiger partial charge on any atom is 2.00 e. The Morgan fingerprint density at radius 2 is 0.605 bits per heavy atom. The molecule has 18 heteroatoms. The molecule has 0 aromatic carbocycles. The topological polar surface area (TPSA) is 230 Å². The summed E-state index contributed by atoms with van der Waals surface area (Å²) >= 11 is 0. The van der Waals surface area contributed by atoms with E-state index in [4.69, 9.17) is 0 Å². The Labute approximate surface area is 242 Å². The number of ether oxygens (including phenoxy) is 4. The van der Waals surface area contributed by atoms with Gasteiger partial charge in [-0.05, 0) is 49.9 Å². The summed E-state index contributed by atoms with van der Waals surface area (Å²) in [5.74, 6) is -2.56. The van der Waals surface area contributed by atoms with Crippen LogP contribution in [0.2, 0.25) is 0 Å². The molecule has 4 amide bonds. The standard InChI is InChI=1S/4C5H7NO3.2Rh/c4*1-9-5(8)3-2-4(7)6-3;;/h4*3H,2H2,1H3,(H,6,7);;/q;;;;2*+2/p-4/t4*3-;;/m0000../s1. The van der Waals surface area contributed by atoms with Crippen molar-refractivity contribution >= 4 is 47.5 Å². The number of amides is 4. The zero-order chi connectivity index (χ0) is 27.4. The Morgan fingerprint density at radius 3 is 0.684 bits per heavy atom. The van der Waals surface area contributed by atoms with E-state index in [1.807, 2.05) is 0 Å². The number of rotatable bonds is 4. The van der Waals surface area contributed by atoms with Crippen LogP contribution in [0.1, 0.15) is 25.7 Å². The molecule has 4 aliphatic heterocycles. The fourth-order valence-corrected chi connectivity index (χ4v) is 2.39. The van der Waals surface area contributed by atoms with Gasteiger partial charge in [-0.2, -0.15) is 0 Å². The average molecular weight is 718 g/mol. The maximum absolute atomic E-state index is 10.5. The van der Waals surface area contributed by atoms with Crippen molar-refractivity contribution in [3.8, 4) is 0 Å². The van der Waals surface area contributed by atoms with Crippen LogP contribution in [0.25, 0.3) is 21.3 Å².